The lowest BCUT2D eigenvalue weighted by molar-refractivity contribution is -0.235. The van der Waals surface area contributed by atoms with Crippen molar-refractivity contribution in [1.29, 1.82) is 0 Å². The molecule has 1 aliphatic heterocycles. The van der Waals surface area contributed by atoms with Gasteiger partial charge in [-0.15, -0.1) is 0 Å². The van der Waals surface area contributed by atoms with Gasteiger partial charge in [0, 0.05) is 38.6 Å². The number of carbonyl (C=O) groups excluding carboxylic acids is 1. The molecule has 30 heavy (non-hydrogen) atoms. The molecule has 1 saturated carbocycles. The van der Waals surface area contributed by atoms with E-state index in [0.29, 0.717) is 18.1 Å². The molecule has 2 aromatic rings. The van der Waals surface area contributed by atoms with Crippen LogP contribution >= 0.6 is 0 Å². The highest BCUT2D eigenvalue weighted by atomic mass is 16.7. The molecule has 1 aromatic carbocycles. The molecular weight excluding hydrogens is 384 g/mol. The molecular formula is C23H28N2O5. The molecule has 2 heterocycles. The second kappa shape index (κ2) is 8.71. The molecule has 0 radical (unpaired) electrons. The first-order chi connectivity index (χ1) is 14.6. The van der Waals surface area contributed by atoms with Crippen molar-refractivity contribution in [3.8, 4) is 5.75 Å². The van der Waals surface area contributed by atoms with Crippen molar-refractivity contribution < 1.29 is 23.7 Å². The first-order valence-corrected chi connectivity index (χ1v) is 10.1. The Morgan fingerprint density at radius 1 is 1.07 bits per heavy atom. The van der Waals surface area contributed by atoms with Crippen LogP contribution in [0.4, 0.5) is 0 Å². The van der Waals surface area contributed by atoms with Crippen molar-refractivity contribution >= 4 is 5.91 Å². The number of carbonyl (C=O) groups is 1. The fourth-order valence-electron chi connectivity index (χ4n) is 4.23. The lowest BCUT2D eigenvalue weighted by Crippen LogP contribution is -2.71. The number of nitrogens with zero attached hydrogens (tertiary/aromatic N) is 2. The summed E-state index contributed by atoms with van der Waals surface area (Å²) < 4.78 is 21.9. The summed E-state index contributed by atoms with van der Waals surface area (Å²) in [6, 6.07) is 11.8. The first-order valence-electron chi connectivity index (χ1n) is 10.1. The monoisotopic (exact) mass is 412 g/mol. The first kappa shape index (κ1) is 20.8. The van der Waals surface area contributed by atoms with Crippen LogP contribution in [0.25, 0.3) is 0 Å². The molecule has 0 bridgehead atoms. The maximum atomic E-state index is 13.3. The van der Waals surface area contributed by atoms with E-state index in [4.69, 9.17) is 18.9 Å². The van der Waals surface area contributed by atoms with E-state index in [0.717, 1.165) is 11.3 Å². The van der Waals surface area contributed by atoms with Gasteiger partial charge in [0.2, 0.25) is 0 Å². The quantitative estimate of drug-likeness (QED) is 0.441. The Kier molecular flexibility index (Phi) is 6.04. The maximum absolute atomic E-state index is 13.3. The average molecular weight is 412 g/mol. The molecule has 1 saturated heterocycles. The SMILES string of the molecule is COCO[C@@]1(Cc2cc(OC)ccn2)C(=O)N(COC)[C@H]1c1ccc(C2CC2)cc1. The number of ether oxygens (including phenoxy) is 4. The Labute approximate surface area is 176 Å². The summed E-state index contributed by atoms with van der Waals surface area (Å²) in [6.07, 6.45) is 4.48. The van der Waals surface area contributed by atoms with Gasteiger partial charge < -0.3 is 23.8 Å². The van der Waals surface area contributed by atoms with Gasteiger partial charge in [0.05, 0.1) is 13.2 Å². The van der Waals surface area contributed by atoms with E-state index in [1.165, 1.54) is 18.4 Å². The summed E-state index contributed by atoms with van der Waals surface area (Å²) >= 11 is 0. The fraction of sp³-hybridized carbons (Fsp3) is 0.478. The van der Waals surface area contributed by atoms with E-state index < -0.39 is 5.60 Å². The predicted octanol–water partition coefficient (Wildman–Crippen LogP) is 3.06. The molecule has 7 heteroatoms. The molecule has 0 N–H and O–H groups in total. The van der Waals surface area contributed by atoms with Gasteiger partial charge in [-0.05, 0) is 36.0 Å². The highest BCUT2D eigenvalue weighted by Gasteiger charge is 2.62. The van der Waals surface area contributed by atoms with Crippen LogP contribution in [0.1, 0.15) is 41.6 Å². The van der Waals surface area contributed by atoms with E-state index in [1.54, 1.807) is 38.5 Å². The van der Waals surface area contributed by atoms with Crippen molar-refractivity contribution in [3.05, 3.63) is 59.4 Å². The summed E-state index contributed by atoms with van der Waals surface area (Å²) in [6.45, 7) is 0.199. The van der Waals surface area contributed by atoms with Crippen LogP contribution in [0.5, 0.6) is 5.75 Å². The number of rotatable bonds is 10. The number of likely N-dealkylation sites (tertiary alicyclic amines) is 1. The number of hydrogen-bond acceptors (Lipinski definition) is 6. The second-order valence-electron chi connectivity index (χ2n) is 7.84. The predicted molar refractivity (Wildman–Crippen MR) is 110 cm³/mol. The van der Waals surface area contributed by atoms with Crippen molar-refractivity contribution in [2.75, 3.05) is 34.9 Å². The summed E-state index contributed by atoms with van der Waals surface area (Å²) in [5, 5.41) is 0. The van der Waals surface area contributed by atoms with Crippen LogP contribution in [0.3, 0.4) is 0 Å². The van der Waals surface area contributed by atoms with Gasteiger partial charge in [0.15, 0.2) is 5.60 Å². The smallest absolute Gasteiger partial charge is 0.260 e. The third kappa shape index (κ3) is 3.80. The zero-order chi connectivity index (χ0) is 21.1. The molecule has 2 fully saturated rings. The molecule has 1 amide bonds. The molecule has 2 atom stereocenters. The van der Waals surface area contributed by atoms with Crippen molar-refractivity contribution in [3.63, 3.8) is 0 Å². The number of β-lactam (4-membered cyclic amide) rings is 1. The van der Waals surface area contributed by atoms with Gasteiger partial charge in [-0.1, -0.05) is 24.3 Å². The molecule has 160 valence electrons. The standard InChI is InChI=1S/C23H28N2O5/c1-27-14-25-21(18-8-6-17(7-9-18)16-4-5-16)23(22(25)26,30-15-28-2)13-19-12-20(29-3)10-11-24-19/h6-12,16,21H,4-5,13-15H2,1-3H3/t21-,23+/m0/s1. The van der Waals surface area contributed by atoms with Crippen LogP contribution in [0, 0.1) is 0 Å². The third-order valence-corrected chi connectivity index (χ3v) is 5.85. The molecule has 1 aromatic heterocycles. The Morgan fingerprint density at radius 3 is 2.43 bits per heavy atom. The Balaban J connectivity index is 1.69. The van der Waals surface area contributed by atoms with Gasteiger partial charge in [0.1, 0.15) is 19.3 Å². The zero-order valence-corrected chi connectivity index (χ0v) is 17.7. The lowest BCUT2D eigenvalue weighted by atomic mass is 9.74. The van der Waals surface area contributed by atoms with Crippen molar-refractivity contribution in [2.45, 2.75) is 36.8 Å². The minimum atomic E-state index is -1.12. The summed E-state index contributed by atoms with van der Waals surface area (Å²) in [5.74, 6) is 1.22. The Bertz CT molecular complexity index is 883. The summed E-state index contributed by atoms with van der Waals surface area (Å²) in [5.41, 5.74) is 1.96. The van der Waals surface area contributed by atoms with Gasteiger partial charge in [-0.2, -0.15) is 0 Å². The molecule has 4 rings (SSSR count). The maximum Gasteiger partial charge on any atom is 0.260 e. The van der Waals surface area contributed by atoms with Crippen LogP contribution in [0.2, 0.25) is 0 Å². The number of benzene rings is 1. The molecule has 1 aliphatic carbocycles. The Morgan fingerprint density at radius 2 is 1.80 bits per heavy atom. The van der Waals surface area contributed by atoms with E-state index in [-0.39, 0.29) is 25.5 Å². The topological polar surface area (TPSA) is 70.1 Å². The number of methoxy groups -OCH3 is 3. The van der Waals surface area contributed by atoms with Crippen LogP contribution < -0.4 is 4.74 Å². The van der Waals surface area contributed by atoms with E-state index in [1.807, 2.05) is 6.07 Å². The summed E-state index contributed by atoms with van der Waals surface area (Å²) in [7, 11) is 4.74. The zero-order valence-electron chi connectivity index (χ0n) is 17.7. The Hall–Kier alpha value is -2.48. The van der Waals surface area contributed by atoms with Crippen molar-refractivity contribution in [1.82, 2.24) is 9.88 Å². The van der Waals surface area contributed by atoms with E-state index >= 15 is 0 Å². The number of amides is 1. The average Bonchev–Trinajstić information content (AvgIpc) is 3.62. The fourth-order valence-corrected chi connectivity index (χ4v) is 4.23. The minimum absolute atomic E-state index is 0.00713. The summed E-state index contributed by atoms with van der Waals surface area (Å²) in [4.78, 5) is 19.4. The van der Waals surface area contributed by atoms with Gasteiger partial charge in [-0.3, -0.25) is 9.78 Å². The van der Waals surface area contributed by atoms with Crippen LogP contribution in [-0.2, 0) is 25.4 Å². The highest BCUT2D eigenvalue weighted by Crippen LogP contribution is 2.48. The lowest BCUT2D eigenvalue weighted by Gasteiger charge is -2.55. The second-order valence-corrected chi connectivity index (χ2v) is 7.84. The molecule has 2 aliphatic rings. The van der Waals surface area contributed by atoms with Crippen LogP contribution in [-0.4, -0.2) is 56.2 Å². The third-order valence-electron chi connectivity index (χ3n) is 5.85. The normalized spacial score (nSPS) is 23.4. The van der Waals surface area contributed by atoms with Crippen molar-refractivity contribution in [2.24, 2.45) is 0 Å². The van der Waals surface area contributed by atoms with E-state index in [2.05, 4.69) is 29.2 Å². The number of pyridine rings is 1. The van der Waals surface area contributed by atoms with Gasteiger partial charge in [0.25, 0.3) is 5.91 Å². The van der Waals surface area contributed by atoms with Gasteiger partial charge >= 0.3 is 0 Å². The van der Waals surface area contributed by atoms with E-state index in [9.17, 15) is 4.79 Å². The minimum Gasteiger partial charge on any atom is -0.497 e. The largest absolute Gasteiger partial charge is 0.497 e. The molecule has 0 spiro atoms. The molecule has 7 nitrogen and oxygen atoms in total. The number of aromatic nitrogens is 1. The van der Waals surface area contributed by atoms with Crippen LogP contribution in [0.15, 0.2) is 42.6 Å². The number of hydrogen-bond donors (Lipinski definition) is 0. The molecule has 0 unspecified atom stereocenters. The van der Waals surface area contributed by atoms with Gasteiger partial charge in [-0.25, -0.2) is 0 Å². The highest BCUT2D eigenvalue weighted by molar-refractivity contribution is 5.93.